The summed E-state index contributed by atoms with van der Waals surface area (Å²) in [6.45, 7) is 7.93. The molecule has 3 rings (SSSR count). The van der Waals surface area contributed by atoms with E-state index >= 15 is 0 Å². The predicted molar refractivity (Wildman–Crippen MR) is 98.3 cm³/mol. The van der Waals surface area contributed by atoms with E-state index < -0.39 is 0 Å². The van der Waals surface area contributed by atoms with Crippen LogP contribution >= 0.6 is 11.5 Å². The normalized spacial score (nSPS) is 11.6. The van der Waals surface area contributed by atoms with Crippen LogP contribution in [0.4, 0.5) is 5.13 Å². The molecule has 0 aliphatic rings. The van der Waals surface area contributed by atoms with Gasteiger partial charge in [-0.2, -0.15) is 4.37 Å². The minimum absolute atomic E-state index is 0.0232. The van der Waals surface area contributed by atoms with Gasteiger partial charge >= 0.3 is 0 Å². The Hall–Kier alpha value is -2.21. The molecular weight excluding hydrogens is 318 g/mol. The summed E-state index contributed by atoms with van der Waals surface area (Å²) < 4.78 is 6.61. The molecule has 3 aromatic rings. The fraction of sp³-hybridized carbons (Fsp3) is 0.389. The van der Waals surface area contributed by atoms with Gasteiger partial charge in [-0.25, -0.2) is 9.97 Å². The Balaban J connectivity index is 1.58. The molecule has 0 radical (unpaired) electrons. The van der Waals surface area contributed by atoms with Gasteiger partial charge in [0, 0.05) is 35.9 Å². The molecule has 2 aromatic heterocycles. The fourth-order valence-corrected chi connectivity index (χ4v) is 3.11. The van der Waals surface area contributed by atoms with Gasteiger partial charge in [0.2, 0.25) is 5.13 Å². The van der Waals surface area contributed by atoms with Crippen LogP contribution < -0.4 is 5.32 Å². The molecule has 0 saturated carbocycles. The average Bonchev–Trinajstić information content (AvgIpc) is 3.20. The molecule has 0 spiro atoms. The third-order valence-electron chi connectivity index (χ3n) is 3.78. The van der Waals surface area contributed by atoms with Crippen molar-refractivity contribution in [3.05, 3.63) is 59.9 Å². The highest BCUT2D eigenvalue weighted by atomic mass is 32.1. The van der Waals surface area contributed by atoms with Gasteiger partial charge in [-0.15, -0.1) is 0 Å². The number of rotatable bonds is 6. The monoisotopic (exact) mass is 341 g/mol. The van der Waals surface area contributed by atoms with Crippen LogP contribution in [-0.2, 0) is 24.9 Å². The van der Waals surface area contributed by atoms with E-state index in [9.17, 15) is 0 Å². The first kappa shape index (κ1) is 16.6. The average molecular weight is 341 g/mol. The molecule has 24 heavy (non-hydrogen) atoms. The highest BCUT2D eigenvalue weighted by molar-refractivity contribution is 7.09. The molecule has 0 atom stereocenters. The molecule has 1 N–H and O–H groups in total. The number of hydrogen-bond acceptors (Lipinski definition) is 5. The summed E-state index contributed by atoms with van der Waals surface area (Å²) in [4.78, 5) is 9.02. The van der Waals surface area contributed by atoms with Crippen molar-refractivity contribution in [2.24, 2.45) is 0 Å². The number of aryl methyl sites for hydroxylation is 2. The SMILES string of the molecule is CC(C)(C)c1nsc(NCc2nccn2CCc2ccccc2)n1. The smallest absolute Gasteiger partial charge is 0.202 e. The number of nitrogens with one attached hydrogen (secondary N) is 1. The minimum Gasteiger partial charge on any atom is -0.353 e. The maximum absolute atomic E-state index is 4.56. The zero-order valence-corrected chi connectivity index (χ0v) is 15.2. The Morgan fingerprint density at radius 2 is 1.96 bits per heavy atom. The van der Waals surface area contributed by atoms with Gasteiger partial charge in [0.25, 0.3) is 0 Å². The number of nitrogens with zero attached hydrogens (tertiary/aromatic N) is 4. The molecule has 0 aliphatic heterocycles. The van der Waals surface area contributed by atoms with Crippen molar-refractivity contribution < 1.29 is 0 Å². The van der Waals surface area contributed by atoms with E-state index in [1.54, 1.807) is 0 Å². The van der Waals surface area contributed by atoms with Crippen LogP contribution in [-0.4, -0.2) is 18.9 Å². The quantitative estimate of drug-likeness (QED) is 0.739. The van der Waals surface area contributed by atoms with E-state index in [0.29, 0.717) is 6.54 Å². The Kier molecular flexibility index (Phi) is 4.94. The summed E-state index contributed by atoms with van der Waals surface area (Å²) in [5, 5.41) is 4.18. The van der Waals surface area contributed by atoms with Crippen LogP contribution in [0.15, 0.2) is 42.7 Å². The first-order valence-corrected chi connectivity index (χ1v) is 8.92. The molecule has 0 bridgehead atoms. The second-order valence-corrected chi connectivity index (χ2v) is 7.55. The second kappa shape index (κ2) is 7.13. The summed E-state index contributed by atoms with van der Waals surface area (Å²) in [6, 6.07) is 10.5. The molecule has 126 valence electrons. The number of imidazole rings is 1. The number of hydrogen-bond donors (Lipinski definition) is 1. The van der Waals surface area contributed by atoms with E-state index in [1.807, 2.05) is 18.5 Å². The maximum atomic E-state index is 4.56. The number of aromatic nitrogens is 4. The van der Waals surface area contributed by atoms with E-state index in [2.05, 4.69) is 69.3 Å². The predicted octanol–water partition coefficient (Wildman–Crippen LogP) is 3.89. The first-order valence-electron chi connectivity index (χ1n) is 8.14. The number of anilines is 1. The van der Waals surface area contributed by atoms with Crippen molar-refractivity contribution in [2.45, 2.75) is 45.7 Å². The topological polar surface area (TPSA) is 55.6 Å². The van der Waals surface area contributed by atoms with Gasteiger partial charge < -0.3 is 9.88 Å². The zero-order chi connectivity index (χ0) is 17.0. The molecule has 0 saturated heterocycles. The van der Waals surface area contributed by atoms with Crippen LogP contribution in [0.2, 0.25) is 0 Å². The van der Waals surface area contributed by atoms with Crippen molar-refractivity contribution >= 4 is 16.7 Å². The van der Waals surface area contributed by atoms with Crippen molar-refractivity contribution in [1.82, 2.24) is 18.9 Å². The van der Waals surface area contributed by atoms with Gasteiger partial charge in [-0.1, -0.05) is 51.1 Å². The molecule has 0 unspecified atom stereocenters. The van der Waals surface area contributed by atoms with Crippen LogP contribution in [0, 0.1) is 0 Å². The second-order valence-electron chi connectivity index (χ2n) is 6.80. The summed E-state index contributed by atoms with van der Waals surface area (Å²) >= 11 is 1.41. The lowest BCUT2D eigenvalue weighted by Crippen LogP contribution is -2.13. The van der Waals surface area contributed by atoms with Crippen LogP contribution in [0.5, 0.6) is 0 Å². The molecule has 0 aliphatic carbocycles. The number of benzene rings is 1. The standard InChI is InChI=1S/C18H23N5S/c1-18(2,3)16-21-17(24-22-16)20-13-15-19-10-12-23(15)11-9-14-7-5-4-6-8-14/h4-8,10,12H,9,11,13H2,1-3H3,(H,20,21,22). The molecular formula is C18H23N5S. The zero-order valence-electron chi connectivity index (χ0n) is 14.4. The van der Waals surface area contributed by atoms with Crippen molar-refractivity contribution in [3.63, 3.8) is 0 Å². The summed E-state index contributed by atoms with van der Waals surface area (Å²) in [5.74, 6) is 1.89. The summed E-state index contributed by atoms with van der Waals surface area (Å²) in [6.07, 6.45) is 4.88. The van der Waals surface area contributed by atoms with Gasteiger partial charge in [0.05, 0.1) is 6.54 Å². The first-order chi connectivity index (χ1) is 11.5. The lowest BCUT2D eigenvalue weighted by atomic mass is 9.96. The van der Waals surface area contributed by atoms with E-state index in [0.717, 1.165) is 29.7 Å². The van der Waals surface area contributed by atoms with Gasteiger partial charge in [0.1, 0.15) is 11.6 Å². The van der Waals surface area contributed by atoms with E-state index in [-0.39, 0.29) is 5.41 Å². The lowest BCUT2D eigenvalue weighted by molar-refractivity contribution is 0.555. The third kappa shape index (κ3) is 4.20. The minimum atomic E-state index is -0.0232. The molecule has 5 nitrogen and oxygen atoms in total. The molecule has 6 heteroatoms. The third-order valence-corrected chi connectivity index (χ3v) is 4.45. The highest BCUT2D eigenvalue weighted by Gasteiger charge is 2.19. The van der Waals surface area contributed by atoms with Gasteiger partial charge in [0.15, 0.2) is 0 Å². The molecule has 2 heterocycles. The van der Waals surface area contributed by atoms with Gasteiger partial charge in [-0.05, 0) is 12.0 Å². The van der Waals surface area contributed by atoms with Crippen molar-refractivity contribution in [3.8, 4) is 0 Å². The fourth-order valence-electron chi connectivity index (χ4n) is 2.36. The molecule has 1 aromatic carbocycles. The Bertz CT molecular complexity index is 770. The Morgan fingerprint density at radius 1 is 1.17 bits per heavy atom. The largest absolute Gasteiger partial charge is 0.353 e. The van der Waals surface area contributed by atoms with Crippen LogP contribution in [0.1, 0.15) is 38.0 Å². The van der Waals surface area contributed by atoms with Crippen LogP contribution in [0.3, 0.4) is 0 Å². The summed E-state index contributed by atoms with van der Waals surface area (Å²) in [7, 11) is 0. The summed E-state index contributed by atoms with van der Waals surface area (Å²) in [5.41, 5.74) is 1.31. The van der Waals surface area contributed by atoms with E-state index in [4.69, 9.17) is 0 Å². The van der Waals surface area contributed by atoms with E-state index in [1.165, 1.54) is 17.1 Å². The van der Waals surface area contributed by atoms with Crippen LogP contribution in [0.25, 0.3) is 0 Å². The van der Waals surface area contributed by atoms with Crippen molar-refractivity contribution in [2.75, 3.05) is 5.32 Å². The Labute approximate surface area is 147 Å². The van der Waals surface area contributed by atoms with Gasteiger partial charge in [-0.3, -0.25) is 0 Å². The van der Waals surface area contributed by atoms with Crippen molar-refractivity contribution in [1.29, 1.82) is 0 Å². The molecule has 0 amide bonds. The highest BCUT2D eigenvalue weighted by Crippen LogP contribution is 2.23. The lowest BCUT2D eigenvalue weighted by Gasteiger charge is -2.12. The maximum Gasteiger partial charge on any atom is 0.202 e. The molecule has 0 fully saturated rings. The Morgan fingerprint density at radius 3 is 2.67 bits per heavy atom.